The maximum Gasteiger partial charge on any atom is 0.341 e. The largest absolute Gasteiger partial charge is 0.462 e. The second kappa shape index (κ2) is 7.36. The molecular formula is C16H18ClNO3. The van der Waals surface area contributed by atoms with E-state index in [-0.39, 0.29) is 23.9 Å². The molecule has 1 fully saturated rings. The lowest BCUT2D eigenvalue weighted by atomic mass is 9.95. The Morgan fingerprint density at radius 2 is 2.14 bits per heavy atom. The Hall–Kier alpha value is -1.68. The van der Waals surface area contributed by atoms with Crippen molar-refractivity contribution in [1.82, 2.24) is 4.98 Å². The highest BCUT2D eigenvalue weighted by Crippen LogP contribution is 2.28. The van der Waals surface area contributed by atoms with Crippen LogP contribution in [0.15, 0.2) is 23.9 Å². The third-order valence-corrected chi connectivity index (χ3v) is 3.76. The van der Waals surface area contributed by atoms with E-state index in [1.54, 1.807) is 25.1 Å². The number of ether oxygens (including phenoxy) is 1. The molecule has 0 aliphatic heterocycles. The Balaban J connectivity index is 2.30. The molecule has 1 saturated carbocycles. The number of carbonyl (C=O) groups excluding carboxylic acids is 2. The van der Waals surface area contributed by atoms with Gasteiger partial charge in [-0.3, -0.25) is 4.79 Å². The van der Waals surface area contributed by atoms with Crippen molar-refractivity contribution in [2.45, 2.75) is 32.6 Å². The molecule has 1 aromatic rings. The molecule has 2 rings (SSSR count). The van der Waals surface area contributed by atoms with E-state index in [2.05, 4.69) is 4.98 Å². The number of nitrogens with zero attached hydrogens (tertiary/aromatic N) is 1. The van der Waals surface area contributed by atoms with Gasteiger partial charge in [-0.25, -0.2) is 9.78 Å². The maximum absolute atomic E-state index is 12.5. The fourth-order valence-electron chi connectivity index (χ4n) is 2.52. The SMILES string of the molecule is CCOC(=O)/C(=C/c1ccnc(Cl)c1)C(=O)C1CCCC1. The summed E-state index contributed by atoms with van der Waals surface area (Å²) in [5, 5.41) is 0.320. The number of halogens is 1. The molecule has 0 spiro atoms. The van der Waals surface area contributed by atoms with E-state index in [0.717, 1.165) is 25.7 Å². The van der Waals surface area contributed by atoms with Gasteiger partial charge in [-0.05, 0) is 43.5 Å². The maximum atomic E-state index is 12.5. The van der Waals surface area contributed by atoms with Gasteiger partial charge >= 0.3 is 5.97 Å². The van der Waals surface area contributed by atoms with E-state index < -0.39 is 5.97 Å². The second-order valence-electron chi connectivity index (χ2n) is 5.04. The molecule has 0 N–H and O–H groups in total. The van der Waals surface area contributed by atoms with Gasteiger partial charge < -0.3 is 4.74 Å². The lowest BCUT2D eigenvalue weighted by Gasteiger charge is -2.11. The molecule has 0 aromatic carbocycles. The zero-order valence-electron chi connectivity index (χ0n) is 12.0. The number of pyridine rings is 1. The molecule has 0 unspecified atom stereocenters. The van der Waals surface area contributed by atoms with Gasteiger partial charge in [0.05, 0.1) is 6.61 Å². The second-order valence-corrected chi connectivity index (χ2v) is 5.42. The molecule has 0 bridgehead atoms. The number of ketones is 1. The van der Waals surface area contributed by atoms with Crippen LogP contribution in [0.3, 0.4) is 0 Å². The van der Waals surface area contributed by atoms with Crippen molar-refractivity contribution in [3.8, 4) is 0 Å². The Bertz CT molecular complexity index is 562. The van der Waals surface area contributed by atoms with Crippen molar-refractivity contribution >= 4 is 29.4 Å². The van der Waals surface area contributed by atoms with E-state index in [4.69, 9.17) is 16.3 Å². The summed E-state index contributed by atoms with van der Waals surface area (Å²) < 4.78 is 5.01. The summed E-state index contributed by atoms with van der Waals surface area (Å²) in [6, 6.07) is 3.32. The lowest BCUT2D eigenvalue weighted by Crippen LogP contribution is -2.21. The molecule has 1 heterocycles. The average Bonchev–Trinajstić information content (AvgIpc) is 2.98. The van der Waals surface area contributed by atoms with Crippen LogP contribution in [0.4, 0.5) is 0 Å². The van der Waals surface area contributed by atoms with Crippen LogP contribution in [0, 0.1) is 5.92 Å². The van der Waals surface area contributed by atoms with E-state index >= 15 is 0 Å². The van der Waals surface area contributed by atoms with Crippen LogP contribution >= 0.6 is 11.6 Å². The van der Waals surface area contributed by atoms with Crippen molar-refractivity contribution in [2.75, 3.05) is 6.61 Å². The van der Waals surface area contributed by atoms with Crippen LogP contribution in [0.2, 0.25) is 5.15 Å². The smallest absolute Gasteiger partial charge is 0.341 e. The van der Waals surface area contributed by atoms with E-state index in [9.17, 15) is 9.59 Å². The monoisotopic (exact) mass is 307 g/mol. The fraction of sp³-hybridized carbons (Fsp3) is 0.438. The van der Waals surface area contributed by atoms with Crippen LogP contribution in [-0.4, -0.2) is 23.3 Å². The summed E-state index contributed by atoms with van der Waals surface area (Å²) in [7, 11) is 0. The van der Waals surface area contributed by atoms with Gasteiger partial charge in [0.15, 0.2) is 5.78 Å². The van der Waals surface area contributed by atoms with E-state index in [0.29, 0.717) is 10.7 Å². The van der Waals surface area contributed by atoms with Crippen molar-refractivity contribution in [3.05, 3.63) is 34.6 Å². The van der Waals surface area contributed by atoms with Crippen LogP contribution in [0.1, 0.15) is 38.2 Å². The highest BCUT2D eigenvalue weighted by Gasteiger charge is 2.29. The molecule has 1 aliphatic carbocycles. The Morgan fingerprint density at radius 1 is 1.43 bits per heavy atom. The molecule has 5 heteroatoms. The van der Waals surface area contributed by atoms with Crippen LogP contribution < -0.4 is 0 Å². The van der Waals surface area contributed by atoms with Crippen LogP contribution in [0.5, 0.6) is 0 Å². The first-order valence-electron chi connectivity index (χ1n) is 7.16. The predicted molar refractivity (Wildman–Crippen MR) is 80.8 cm³/mol. The molecule has 1 aromatic heterocycles. The standard InChI is InChI=1S/C16H18ClNO3/c1-2-21-16(20)13(15(19)12-5-3-4-6-12)9-11-7-8-18-14(17)10-11/h7-10,12H,2-6H2,1H3/b13-9+. The highest BCUT2D eigenvalue weighted by atomic mass is 35.5. The molecule has 0 amide bonds. The Morgan fingerprint density at radius 3 is 2.76 bits per heavy atom. The first kappa shape index (κ1) is 15.7. The summed E-state index contributed by atoms with van der Waals surface area (Å²) in [4.78, 5) is 28.5. The molecule has 4 nitrogen and oxygen atoms in total. The Labute approximate surface area is 129 Å². The molecule has 112 valence electrons. The number of hydrogen-bond acceptors (Lipinski definition) is 4. The van der Waals surface area contributed by atoms with Gasteiger partial charge in [-0.15, -0.1) is 0 Å². The van der Waals surface area contributed by atoms with Crippen LogP contribution in [0.25, 0.3) is 6.08 Å². The highest BCUT2D eigenvalue weighted by molar-refractivity contribution is 6.29. The van der Waals surface area contributed by atoms with Gasteiger partial charge in [0.2, 0.25) is 0 Å². The third-order valence-electron chi connectivity index (χ3n) is 3.55. The van der Waals surface area contributed by atoms with Gasteiger partial charge in [0.1, 0.15) is 10.7 Å². The van der Waals surface area contributed by atoms with E-state index in [1.165, 1.54) is 6.20 Å². The quantitative estimate of drug-likeness (QED) is 0.275. The number of aromatic nitrogens is 1. The summed E-state index contributed by atoms with van der Waals surface area (Å²) in [5.41, 5.74) is 0.774. The van der Waals surface area contributed by atoms with Crippen molar-refractivity contribution in [3.63, 3.8) is 0 Å². The summed E-state index contributed by atoms with van der Waals surface area (Å²) >= 11 is 5.83. The summed E-state index contributed by atoms with van der Waals surface area (Å²) in [6.07, 6.45) is 6.84. The third kappa shape index (κ3) is 4.14. The number of rotatable bonds is 5. The Kier molecular flexibility index (Phi) is 5.51. The average molecular weight is 308 g/mol. The van der Waals surface area contributed by atoms with Gasteiger partial charge in [0, 0.05) is 12.1 Å². The summed E-state index contributed by atoms with van der Waals surface area (Å²) in [6.45, 7) is 1.96. The zero-order valence-corrected chi connectivity index (χ0v) is 12.7. The first-order chi connectivity index (χ1) is 10.1. The van der Waals surface area contributed by atoms with Gasteiger partial charge in [-0.2, -0.15) is 0 Å². The minimum absolute atomic E-state index is 0.0713. The minimum Gasteiger partial charge on any atom is -0.462 e. The van der Waals surface area contributed by atoms with Crippen LogP contribution in [-0.2, 0) is 14.3 Å². The molecule has 0 atom stereocenters. The number of carbonyl (C=O) groups is 2. The zero-order chi connectivity index (χ0) is 15.2. The van der Waals surface area contributed by atoms with E-state index in [1.807, 2.05) is 0 Å². The van der Waals surface area contributed by atoms with Gasteiger partial charge in [-0.1, -0.05) is 24.4 Å². The molecule has 0 radical (unpaired) electrons. The normalized spacial score (nSPS) is 16.0. The van der Waals surface area contributed by atoms with Crippen molar-refractivity contribution in [2.24, 2.45) is 5.92 Å². The molecule has 21 heavy (non-hydrogen) atoms. The lowest BCUT2D eigenvalue weighted by molar-refractivity contribution is -0.140. The molecule has 1 aliphatic rings. The summed E-state index contributed by atoms with van der Waals surface area (Å²) in [5.74, 6) is -0.765. The fourth-order valence-corrected chi connectivity index (χ4v) is 2.70. The topological polar surface area (TPSA) is 56.3 Å². The van der Waals surface area contributed by atoms with Crippen molar-refractivity contribution < 1.29 is 14.3 Å². The number of esters is 1. The van der Waals surface area contributed by atoms with Crippen molar-refractivity contribution in [1.29, 1.82) is 0 Å². The minimum atomic E-state index is -0.567. The number of Topliss-reactive ketones (excluding diaryl/α,β-unsaturated/α-hetero) is 1. The molecular weight excluding hydrogens is 290 g/mol. The predicted octanol–water partition coefficient (Wildman–Crippen LogP) is 3.44. The number of hydrogen-bond donors (Lipinski definition) is 0. The molecule has 0 saturated heterocycles. The first-order valence-corrected chi connectivity index (χ1v) is 7.54. The van der Waals surface area contributed by atoms with Gasteiger partial charge in [0.25, 0.3) is 0 Å².